The maximum atomic E-state index is 5.45. The van der Waals surface area contributed by atoms with Crippen LogP contribution in [0.25, 0.3) is 146 Å². The molecule has 522 valence electrons. The minimum absolute atomic E-state index is 0.456. The first-order valence-electron chi connectivity index (χ1n) is 38.0. The summed E-state index contributed by atoms with van der Waals surface area (Å²) in [6.07, 6.45) is 0. The van der Waals surface area contributed by atoms with E-state index in [4.69, 9.17) is 25.3 Å². The highest BCUT2D eigenvalue weighted by Crippen LogP contribution is 2.66. The third-order valence-electron chi connectivity index (χ3n) is 23.1. The van der Waals surface area contributed by atoms with Gasteiger partial charge >= 0.3 is 0 Å². The van der Waals surface area contributed by atoms with Crippen LogP contribution in [0, 0.1) is 0 Å². The van der Waals surface area contributed by atoms with Gasteiger partial charge in [0.15, 0.2) is 11.6 Å². The number of nitrogens with zero attached hydrogens (tertiary/aromatic N) is 6. The van der Waals surface area contributed by atoms with Crippen LogP contribution < -0.4 is 0 Å². The molecule has 18 aromatic rings. The molecule has 2 aliphatic carbocycles. The van der Waals surface area contributed by atoms with Gasteiger partial charge in [-0.25, -0.2) is 9.97 Å². The fourth-order valence-electron chi connectivity index (χ4n) is 18.2. The maximum Gasteiger partial charge on any atom is 0.182 e. The third-order valence-corrected chi connectivity index (χ3v) is 25.6. The van der Waals surface area contributed by atoms with Gasteiger partial charge in [-0.15, -0.1) is 20.4 Å². The zero-order valence-electron chi connectivity index (χ0n) is 60.5. The summed E-state index contributed by atoms with van der Waals surface area (Å²) in [6, 6.07) is 141. The van der Waals surface area contributed by atoms with E-state index in [1.54, 1.807) is 0 Å². The van der Waals surface area contributed by atoms with E-state index in [0.29, 0.717) is 17.3 Å². The van der Waals surface area contributed by atoms with Crippen LogP contribution in [0.3, 0.4) is 0 Å². The van der Waals surface area contributed by atoms with Crippen molar-refractivity contribution >= 4 is 23.5 Å². The smallest absolute Gasteiger partial charge is 0.182 e. The van der Waals surface area contributed by atoms with Crippen LogP contribution in [0.2, 0.25) is 0 Å². The normalized spacial score (nSPS) is 14.1. The second-order valence-electron chi connectivity index (χ2n) is 29.1. The molecule has 0 amide bonds. The number of hydrogen-bond acceptors (Lipinski definition) is 8. The molecule has 6 nitrogen and oxygen atoms in total. The Morgan fingerprint density at radius 2 is 0.500 bits per heavy atom. The van der Waals surface area contributed by atoms with Gasteiger partial charge in [0, 0.05) is 53.0 Å². The van der Waals surface area contributed by atoms with Gasteiger partial charge in [-0.05, 0) is 153 Å². The monoisotopic (exact) mass is 1460 g/mol. The van der Waals surface area contributed by atoms with Crippen molar-refractivity contribution in [1.82, 2.24) is 30.4 Å². The Kier molecular flexibility index (Phi) is 15.5. The molecule has 1 atom stereocenters. The molecule has 0 N–H and O–H groups in total. The molecule has 112 heavy (non-hydrogen) atoms. The molecule has 0 saturated heterocycles. The Labute approximate surface area is 658 Å². The summed E-state index contributed by atoms with van der Waals surface area (Å²) in [6.45, 7) is 0. The number of hydrogen-bond donors (Lipinski definition) is 0. The Hall–Kier alpha value is -13.8. The predicted molar refractivity (Wildman–Crippen MR) is 456 cm³/mol. The first-order valence-corrected chi connectivity index (χ1v) is 39.6. The zero-order valence-corrected chi connectivity index (χ0v) is 62.1. The number of benzene rings is 16. The topological polar surface area (TPSA) is 77.3 Å². The van der Waals surface area contributed by atoms with Crippen LogP contribution >= 0.6 is 23.5 Å². The van der Waals surface area contributed by atoms with Gasteiger partial charge in [0.1, 0.15) is 22.8 Å². The summed E-state index contributed by atoms with van der Waals surface area (Å²) in [5.41, 5.74) is 34.3. The zero-order chi connectivity index (χ0) is 73.9. The minimum Gasteiger partial charge on any atom is -0.224 e. The van der Waals surface area contributed by atoms with Crippen LogP contribution in [0.15, 0.2) is 408 Å². The van der Waals surface area contributed by atoms with E-state index in [9.17, 15) is 0 Å². The summed E-state index contributed by atoms with van der Waals surface area (Å²) >= 11 is 3.77. The second-order valence-corrected chi connectivity index (χ2v) is 31.2. The molecule has 2 aromatic heterocycles. The van der Waals surface area contributed by atoms with Crippen molar-refractivity contribution in [3.05, 3.63) is 433 Å². The summed E-state index contributed by atoms with van der Waals surface area (Å²) in [4.78, 5) is 15.7. The summed E-state index contributed by atoms with van der Waals surface area (Å²) < 4.78 is 0. The SMILES string of the molecule is c1ccc(-c2nnc(-c3ccccc3)c(-c3cccc(-c4cccc(-c5cccc6c5Sc5ccccc5C65c6ccccc6-c6cc(-c7ccc(-c8nc(-c9ccccc9)nnc8-c8ccccc8-c8ccc(-c9cccc%10c9Sc9ccccc9C%109c%10ccccc%10-c%10ccccc%109)cc8)cc7)ccc65)c4)c3)n2)cc1. The highest BCUT2D eigenvalue weighted by Gasteiger charge is 2.52. The summed E-state index contributed by atoms with van der Waals surface area (Å²) in [5.74, 6) is 1.15. The van der Waals surface area contributed by atoms with Crippen molar-refractivity contribution in [3.8, 4) is 146 Å². The lowest BCUT2D eigenvalue weighted by atomic mass is 9.67. The van der Waals surface area contributed by atoms with Gasteiger partial charge < -0.3 is 0 Å². The van der Waals surface area contributed by atoms with Gasteiger partial charge in [0.2, 0.25) is 0 Å². The molecule has 8 heteroatoms. The summed E-state index contributed by atoms with van der Waals surface area (Å²) in [5, 5.41) is 19.5. The van der Waals surface area contributed by atoms with E-state index in [1.165, 1.54) is 97.5 Å². The van der Waals surface area contributed by atoms with E-state index >= 15 is 0 Å². The Balaban J connectivity index is 0.608. The van der Waals surface area contributed by atoms with Crippen molar-refractivity contribution in [2.24, 2.45) is 0 Å². The van der Waals surface area contributed by atoms with Crippen LogP contribution in [-0.4, -0.2) is 30.4 Å². The maximum absolute atomic E-state index is 5.45. The van der Waals surface area contributed by atoms with Gasteiger partial charge in [-0.2, -0.15) is 0 Å². The van der Waals surface area contributed by atoms with Crippen molar-refractivity contribution in [2.45, 2.75) is 30.4 Å². The first-order chi connectivity index (χ1) is 55.5. The molecule has 4 heterocycles. The molecule has 0 fully saturated rings. The highest BCUT2D eigenvalue weighted by atomic mass is 32.2. The Morgan fingerprint density at radius 3 is 1.05 bits per heavy atom. The lowest BCUT2D eigenvalue weighted by Gasteiger charge is -2.40. The lowest BCUT2D eigenvalue weighted by molar-refractivity contribution is 0.723. The minimum atomic E-state index is -0.603. The largest absolute Gasteiger partial charge is 0.224 e. The fourth-order valence-corrected chi connectivity index (χ4v) is 20.8. The van der Waals surface area contributed by atoms with Crippen LogP contribution in [0.1, 0.15) is 44.5 Å². The lowest BCUT2D eigenvalue weighted by Crippen LogP contribution is -2.32. The Bertz CT molecular complexity index is 6780. The van der Waals surface area contributed by atoms with Crippen LogP contribution in [-0.2, 0) is 10.8 Å². The van der Waals surface area contributed by atoms with Crippen molar-refractivity contribution in [2.75, 3.05) is 0 Å². The van der Waals surface area contributed by atoms with Gasteiger partial charge in [-0.3, -0.25) is 0 Å². The standard InChI is InChI=1S/C104H64N6S2/c1-4-26-68(27-5-1)97-96(106-102(109-107-97)71-30-8-3-9-31-71)76-35-23-33-73(63-76)72-32-22-34-75(62-72)79-42-25-49-92-100(79)112-94-51-21-19-47-90(94)104(92)87-45-17-14-39-82(87)84-64-74(60-61-88(84)104)65-52-58-69(59-53-65)95-98(108-110-101(105-95)70-28-6-2-7-29-70)83-40-11-10-36-77(83)66-54-56-67(57-55-66)78-41-24-48-91-99(78)111-93-50-20-18-46-89(93)103(91)85-43-15-12-37-80(85)81-38-13-16-44-86(81)103/h1-64H. The average molecular weight is 1460 g/mol. The predicted octanol–water partition coefficient (Wildman–Crippen LogP) is 26.0. The molecule has 16 aromatic carbocycles. The van der Waals surface area contributed by atoms with E-state index < -0.39 is 10.8 Å². The quantitative estimate of drug-likeness (QED) is 0.127. The van der Waals surface area contributed by atoms with Crippen molar-refractivity contribution in [3.63, 3.8) is 0 Å². The molecule has 0 bridgehead atoms. The van der Waals surface area contributed by atoms with Crippen LogP contribution in [0.5, 0.6) is 0 Å². The molecule has 2 aliphatic heterocycles. The van der Waals surface area contributed by atoms with Gasteiger partial charge in [0.05, 0.1) is 10.8 Å². The average Bonchev–Trinajstić information content (AvgIpc) is 1.49. The fraction of sp³-hybridized carbons (Fsp3) is 0.0192. The molecular formula is C104H64N6S2. The van der Waals surface area contributed by atoms with E-state index in [-0.39, 0.29) is 0 Å². The van der Waals surface area contributed by atoms with Gasteiger partial charge in [-0.1, -0.05) is 381 Å². The number of fused-ring (bicyclic) bond motifs is 18. The number of aromatic nitrogens is 6. The molecule has 1 unspecified atom stereocenters. The highest BCUT2D eigenvalue weighted by molar-refractivity contribution is 8.00. The molecule has 0 saturated carbocycles. The van der Waals surface area contributed by atoms with Crippen molar-refractivity contribution < 1.29 is 0 Å². The van der Waals surface area contributed by atoms with Crippen molar-refractivity contribution in [1.29, 1.82) is 0 Å². The molecule has 2 spiro atoms. The summed E-state index contributed by atoms with van der Waals surface area (Å²) in [7, 11) is 0. The molecule has 0 radical (unpaired) electrons. The Morgan fingerprint density at radius 1 is 0.170 bits per heavy atom. The van der Waals surface area contributed by atoms with E-state index in [0.717, 1.165) is 95.0 Å². The molecular weight excluding hydrogens is 1400 g/mol. The number of rotatable bonds is 11. The van der Waals surface area contributed by atoms with Crippen LogP contribution in [0.4, 0.5) is 0 Å². The van der Waals surface area contributed by atoms with E-state index in [1.807, 2.05) is 102 Å². The third kappa shape index (κ3) is 10.3. The second kappa shape index (κ2) is 26.5. The molecule has 22 rings (SSSR count). The van der Waals surface area contributed by atoms with E-state index in [2.05, 4.69) is 314 Å². The van der Waals surface area contributed by atoms with Gasteiger partial charge in [0.25, 0.3) is 0 Å². The molecule has 4 aliphatic rings. The first kappa shape index (κ1) is 65.3.